The van der Waals surface area contributed by atoms with E-state index in [1.807, 2.05) is 0 Å². The molecule has 0 saturated carbocycles. The van der Waals surface area contributed by atoms with Crippen LogP contribution in [0.5, 0.6) is 0 Å². The standard InChI is InChI=1S/C21H31NO/c1-4-7-10-17(5-2)16-23-21(6-3)22-20-14-13-18-11-8-9-12-19(18)15-20/h8-9,11-15,17,21-22H,4-7,10,16H2,1-3H3. The van der Waals surface area contributed by atoms with E-state index in [4.69, 9.17) is 4.74 Å². The van der Waals surface area contributed by atoms with Gasteiger partial charge in [0.25, 0.3) is 0 Å². The molecule has 0 radical (unpaired) electrons. The summed E-state index contributed by atoms with van der Waals surface area (Å²) < 4.78 is 6.15. The summed E-state index contributed by atoms with van der Waals surface area (Å²) in [6, 6.07) is 15.0. The number of anilines is 1. The second-order valence-corrected chi connectivity index (χ2v) is 6.35. The van der Waals surface area contributed by atoms with E-state index in [2.05, 4.69) is 68.6 Å². The molecule has 0 aliphatic carbocycles. The molecule has 0 aliphatic heterocycles. The molecule has 2 atom stereocenters. The van der Waals surface area contributed by atoms with Gasteiger partial charge in [-0.1, -0.05) is 70.4 Å². The fourth-order valence-electron chi connectivity index (χ4n) is 2.88. The van der Waals surface area contributed by atoms with Crippen LogP contribution in [0.1, 0.15) is 52.9 Å². The number of benzene rings is 2. The highest BCUT2D eigenvalue weighted by Crippen LogP contribution is 2.21. The van der Waals surface area contributed by atoms with Gasteiger partial charge >= 0.3 is 0 Å². The van der Waals surface area contributed by atoms with Gasteiger partial charge < -0.3 is 10.1 Å². The fraction of sp³-hybridized carbons (Fsp3) is 0.524. The molecule has 0 fully saturated rings. The molecule has 2 nitrogen and oxygen atoms in total. The van der Waals surface area contributed by atoms with E-state index >= 15 is 0 Å². The van der Waals surface area contributed by atoms with E-state index in [0.29, 0.717) is 5.92 Å². The van der Waals surface area contributed by atoms with Gasteiger partial charge in [-0.3, -0.25) is 0 Å². The lowest BCUT2D eigenvalue weighted by Gasteiger charge is -2.22. The van der Waals surface area contributed by atoms with Crippen molar-refractivity contribution in [3.05, 3.63) is 42.5 Å². The Kier molecular flexibility index (Phi) is 7.41. The molecule has 2 unspecified atom stereocenters. The third-order valence-corrected chi connectivity index (χ3v) is 4.52. The Hall–Kier alpha value is -1.54. The van der Waals surface area contributed by atoms with E-state index < -0.39 is 0 Å². The molecule has 0 amide bonds. The van der Waals surface area contributed by atoms with Crippen molar-refractivity contribution in [1.82, 2.24) is 0 Å². The van der Waals surface area contributed by atoms with Crippen LogP contribution < -0.4 is 5.32 Å². The zero-order valence-corrected chi connectivity index (χ0v) is 14.8. The second-order valence-electron chi connectivity index (χ2n) is 6.35. The smallest absolute Gasteiger partial charge is 0.127 e. The Labute approximate surface area is 141 Å². The number of ether oxygens (including phenoxy) is 1. The van der Waals surface area contributed by atoms with Crippen LogP contribution in [0.4, 0.5) is 5.69 Å². The molecule has 2 rings (SSSR count). The lowest BCUT2D eigenvalue weighted by molar-refractivity contribution is 0.0400. The molecule has 0 saturated heterocycles. The van der Waals surface area contributed by atoms with Crippen LogP contribution in [-0.4, -0.2) is 12.8 Å². The van der Waals surface area contributed by atoms with Gasteiger partial charge in [0.2, 0.25) is 0 Å². The zero-order chi connectivity index (χ0) is 16.5. The molecule has 0 aliphatic rings. The molecule has 1 N–H and O–H groups in total. The fourth-order valence-corrected chi connectivity index (χ4v) is 2.88. The summed E-state index contributed by atoms with van der Waals surface area (Å²) in [6.45, 7) is 7.55. The van der Waals surface area contributed by atoms with E-state index in [0.717, 1.165) is 18.7 Å². The van der Waals surface area contributed by atoms with Crippen LogP contribution >= 0.6 is 0 Å². The largest absolute Gasteiger partial charge is 0.360 e. The molecule has 0 heterocycles. The summed E-state index contributed by atoms with van der Waals surface area (Å²) in [4.78, 5) is 0. The highest BCUT2D eigenvalue weighted by atomic mass is 16.5. The molecule has 2 aromatic rings. The van der Waals surface area contributed by atoms with Crippen molar-refractivity contribution in [2.75, 3.05) is 11.9 Å². The lowest BCUT2D eigenvalue weighted by atomic mass is 10.0. The molecule has 2 aromatic carbocycles. The van der Waals surface area contributed by atoms with Crippen molar-refractivity contribution < 1.29 is 4.74 Å². The van der Waals surface area contributed by atoms with E-state index in [9.17, 15) is 0 Å². The van der Waals surface area contributed by atoms with Crippen molar-refractivity contribution in [2.24, 2.45) is 5.92 Å². The van der Waals surface area contributed by atoms with Gasteiger partial charge in [0.15, 0.2) is 0 Å². The first-order valence-corrected chi connectivity index (χ1v) is 9.13. The van der Waals surface area contributed by atoms with Crippen molar-refractivity contribution in [2.45, 2.75) is 59.1 Å². The number of nitrogens with one attached hydrogen (secondary N) is 1. The maximum atomic E-state index is 6.15. The van der Waals surface area contributed by atoms with Gasteiger partial charge in [0.05, 0.1) is 6.61 Å². The van der Waals surface area contributed by atoms with Crippen molar-refractivity contribution in [3.8, 4) is 0 Å². The number of hydrogen-bond donors (Lipinski definition) is 1. The van der Waals surface area contributed by atoms with E-state index in [1.54, 1.807) is 0 Å². The Bertz CT molecular complexity index is 581. The lowest BCUT2D eigenvalue weighted by Crippen LogP contribution is -2.25. The highest BCUT2D eigenvalue weighted by Gasteiger charge is 2.11. The monoisotopic (exact) mass is 313 g/mol. The van der Waals surface area contributed by atoms with Crippen LogP contribution in [0.2, 0.25) is 0 Å². The third-order valence-electron chi connectivity index (χ3n) is 4.52. The van der Waals surface area contributed by atoms with Crippen LogP contribution in [0.15, 0.2) is 42.5 Å². The minimum atomic E-state index is 0.0897. The minimum Gasteiger partial charge on any atom is -0.360 e. The van der Waals surface area contributed by atoms with Gasteiger partial charge in [0, 0.05) is 5.69 Å². The topological polar surface area (TPSA) is 21.3 Å². The van der Waals surface area contributed by atoms with Crippen molar-refractivity contribution in [3.63, 3.8) is 0 Å². The van der Waals surface area contributed by atoms with Gasteiger partial charge in [-0.2, -0.15) is 0 Å². The molecule has 0 bridgehead atoms. The highest BCUT2D eigenvalue weighted by molar-refractivity contribution is 5.85. The summed E-state index contributed by atoms with van der Waals surface area (Å²) in [5, 5.41) is 6.08. The van der Waals surface area contributed by atoms with Crippen LogP contribution in [-0.2, 0) is 4.74 Å². The number of hydrogen-bond acceptors (Lipinski definition) is 2. The van der Waals surface area contributed by atoms with E-state index in [-0.39, 0.29) is 6.23 Å². The average molecular weight is 313 g/mol. The third kappa shape index (κ3) is 5.54. The van der Waals surface area contributed by atoms with Crippen molar-refractivity contribution in [1.29, 1.82) is 0 Å². The van der Waals surface area contributed by atoms with Crippen LogP contribution in [0.3, 0.4) is 0 Å². The summed E-state index contributed by atoms with van der Waals surface area (Å²) >= 11 is 0. The number of rotatable bonds is 10. The predicted molar refractivity (Wildman–Crippen MR) is 101 cm³/mol. The Morgan fingerprint density at radius 2 is 1.74 bits per heavy atom. The Morgan fingerprint density at radius 1 is 0.957 bits per heavy atom. The normalized spacial score (nSPS) is 13.9. The first kappa shape index (κ1) is 17.8. The van der Waals surface area contributed by atoms with Crippen molar-refractivity contribution >= 4 is 16.5 Å². The Balaban J connectivity index is 1.92. The number of fused-ring (bicyclic) bond motifs is 1. The molecule has 126 valence electrons. The zero-order valence-electron chi connectivity index (χ0n) is 14.8. The Morgan fingerprint density at radius 3 is 2.43 bits per heavy atom. The van der Waals surface area contributed by atoms with Gasteiger partial charge in [-0.25, -0.2) is 0 Å². The maximum absolute atomic E-state index is 6.15. The molecule has 0 spiro atoms. The first-order chi connectivity index (χ1) is 11.3. The molecule has 2 heteroatoms. The molecule has 23 heavy (non-hydrogen) atoms. The van der Waals surface area contributed by atoms with Crippen LogP contribution in [0, 0.1) is 5.92 Å². The summed E-state index contributed by atoms with van der Waals surface area (Å²) in [7, 11) is 0. The molecule has 0 aromatic heterocycles. The average Bonchev–Trinajstić information content (AvgIpc) is 2.60. The summed E-state index contributed by atoms with van der Waals surface area (Å²) in [5.41, 5.74) is 1.14. The SMILES string of the molecule is CCCCC(CC)COC(CC)Nc1ccc2ccccc2c1. The predicted octanol–water partition coefficient (Wildman–Crippen LogP) is 6.22. The quantitative estimate of drug-likeness (QED) is 0.526. The summed E-state index contributed by atoms with van der Waals surface area (Å²) in [6.07, 6.45) is 6.11. The number of unbranched alkanes of at least 4 members (excludes halogenated alkanes) is 1. The summed E-state index contributed by atoms with van der Waals surface area (Å²) in [5.74, 6) is 0.683. The maximum Gasteiger partial charge on any atom is 0.127 e. The molecular formula is C21H31NO. The van der Waals surface area contributed by atoms with E-state index in [1.165, 1.54) is 36.5 Å². The van der Waals surface area contributed by atoms with Gasteiger partial charge in [-0.05, 0) is 41.7 Å². The molecular weight excluding hydrogens is 282 g/mol. The first-order valence-electron chi connectivity index (χ1n) is 9.13. The minimum absolute atomic E-state index is 0.0897. The van der Waals surface area contributed by atoms with Gasteiger partial charge in [0.1, 0.15) is 6.23 Å². The van der Waals surface area contributed by atoms with Gasteiger partial charge in [-0.15, -0.1) is 0 Å². The second kappa shape index (κ2) is 9.57. The van der Waals surface area contributed by atoms with Crippen LogP contribution in [0.25, 0.3) is 10.8 Å².